The lowest BCUT2D eigenvalue weighted by molar-refractivity contribution is 0.0730. The molecule has 2 aliphatic rings. The Labute approximate surface area is 167 Å². The normalized spacial score (nSPS) is 18.7. The minimum atomic E-state index is -3.55. The second-order valence-corrected chi connectivity index (χ2v) is 9.49. The van der Waals surface area contributed by atoms with Gasteiger partial charge in [0.25, 0.3) is 0 Å². The van der Waals surface area contributed by atoms with Gasteiger partial charge in [0.15, 0.2) is 5.11 Å². The maximum absolute atomic E-state index is 13.0. The van der Waals surface area contributed by atoms with Crippen molar-refractivity contribution < 1.29 is 13.2 Å². The van der Waals surface area contributed by atoms with Gasteiger partial charge in [-0.25, -0.2) is 8.42 Å². The van der Waals surface area contributed by atoms with Crippen molar-refractivity contribution in [2.45, 2.75) is 37.6 Å². The Hall–Kier alpha value is -1.42. The largest absolute Gasteiger partial charge is 0.379 e. The number of thiocarbonyl (C=S) groups is 1. The Morgan fingerprint density at radius 1 is 1.15 bits per heavy atom. The summed E-state index contributed by atoms with van der Waals surface area (Å²) in [6, 6.07) is 5.48. The van der Waals surface area contributed by atoms with E-state index in [0.29, 0.717) is 31.4 Å². The third kappa shape index (κ3) is 4.90. The fourth-order valence-electron chi connectivity index (χ4n) is 3.37. The molecule has 0 amide bonds. The number of morpholine rings is 1. The van der Waals surface area contributed by atoms with E-state index in [1.807, 2.05) is 19.9 Å². The molecule has 2 aliphatic heterocycles. The average molecular weight is 413 g/mol. The van der Waals surface area contributed by atoms with Crippen molar-refractivity contribution in [3.05, 3.63) is 18.2 Å². The van der Waals surface area contributed by atoms with E-state index >= 15 is 0 Å². The summed E-state index contributed by atoms with van der Waals surface area (Å²) < 4.78 is 32.8. The summed E-state index contributed by atoms with van der Waals surface area (Å²) in [5.74, 6) is 0. The molecule has 0 aromatic heterocycles. The molecule has 3 rings (SSSR count). The summed E-state index contributed by atoms with van der Waals surface area (Å²) in [5.41, 5.74) is 1.71. The van der Waals surface area contributed by atoms with Crippen molar-refractivity contribution in [1.29, 1.82) is 0 Å². The fraction of sp³-hybridized carbons (Fsp3) is 0.611. The van der Waals surface area contributed by atoms with Crippen molar-refractivity contribution >= 4 is 38.7 Å². The molecule has 2 fully saturated rings. The number of hydrogen-bond donors (Lipinski definition) is 2. The second kappa shape index (κ2) is 8.72. The monoisotopic (exact) mass is 412 g/mol. The lowest BCUT2D eigenvalue weighted by Gasteiger charge is -2.27. The predicted molar refractivity (Wildman–Crippen MR) is 112 cm³/mol. The highest BCUT2D eigenvalue weighted by Gasteiger charge is 2.28. The number of anilines is 2. The van der Waals surface area contributed by atoms with Gasteiger partial charge in [0.1, 0.15) is 0 Å². The SMILES string of the molecule is CC(C)NC(=S)Nc1cc(S(=O)(=O)N2CCOCC2)ccc1N1CCCC1. The van der Waals surface area contributed by atoms with Crippen LogP contribution in [0.25, 0.3) is 0 Å². The van der Waals surface area contributed by atoms with E-state index < -0.39 is 10.0 Å². The molecule has 0 atom stereocenters. The van der Waals surface area contributed by atoms with E-state index in [1.165, 1.54) is 4.31 Å². The molecular weight excluding hydrogens is 384 g/mol. The van der Waals surface area contributed by atoms with Gasteiger partial charge in [0.2, 0.25) is 10.0 Å². The second-order valence-electron chi connectivity index (χ2n) is 7.14. The highest BCUT2D eigenvalue weighted by Crippen LogP contribution is 2.32. The van der Waals surface area contributed by atoms with E-state index in [1.54, 1.807) is 12.1 Å². The lowest BCUT2D eigenvalue weighted by Crippen LogP contribution is -2.40. The maximum Gasteiger partial charge on any atom is 0.243 e. The van der Waals surface area contributed by atoms with Crippen molar-refractivity contribution in [2.24, 2.45) is 0 Å². The first-order valence-corrected chi connectivity index (χ1v) is 11.3. The van der Waals surface area contributed by atoms with Gasteiger partial charge < -0.3 is 20.3 Å². The maximum atomic E-state index is 13.0. The molecule has 7 nitrogen and oxygen atoms in total. The van der Waals surface area contributed by atoms with Crippen LogP contribution in [-0.4, -0.2) is 63.3 Å². The molecule has 0 aliphatic carbocycles. The Morgan fingerprint density at radius 3 is 2.44 bits per heavy atom. The first kappa shape index (κ1) is 20.3. The molecule has 2 N–H and O–H groups in total. The summed E-state index contributed by atoms with van der Waals surface area (Å²) in [6.07, 6.45) is 2.28. The highest BCUT2D eigenvalue weighted by molar-refractivity contribution is 7.89. The number of sulfonamides is 1. The standard InChI is InChI=1S/C18H28N4O3S2/c1-14(2)19-18(26)20-16-13-15(5-6-17(16)21-7-3-4-8-21)27(23,24)22-9-11-25-12-10-22/h5-6,13-14H,3-4,7-12H2,1-2H3,(H2,19,20,26). The Balaban J connectivity index is 1.91. The number of hydrogen-bond acceptors (Lipinski definition) is 5. The lowest BCUT2D eigenvalue weighted by atomic mass is 10.2. The molecule has 2 saturated heterocycles. The van der Waals surface area contributed by atoms with Gasteiger partial charge in [-0.3, -0.25) is 0 Å². The number of rotatable bonds is 5. The molecule has 2 heterocycles. The third-order valence-corrected chi connectivity index (χ3v) is 6.81. The quantitative estimate of drug-likeness (QED) is 0.717. The van der Waals surface area contributed by atoms with Gasteiger partial charge in [0, 0.05) is 32.2 Å². The third-order valence-electron chi connectivity index (χ3n) is 4.69. The zero-order chi connectivity index (χ0) is 19.4. The van der Waals surface area contributed by atoms with Crippen molar-refractivity contribution in [3.8, 4) is 0 Å². The zero-order valence-electron chi connectivity index (χ0n) is 15.9. The van der Waals surface area contributed by atoms with Gasteiger partial charge in [-0.1, -0.05) is 0 Å². The van der Waals surface area contributed by atoms with Crippen molar-refractivity contribution in [1.82, 2.24) is 9.62 Å². The zero-order valence-corrected chi connectivity index (χ0v) is 17.5. The molecule has 150 valence electrons. The van der Waals surface area contributed by atoms with E-state index in [9.17, 15) is 8.42 Å². The number of nitrogens with zero attached hydrogens (tertiary/aromatic N) is 2. The van der Waals surface area contributed by atoms with Crippen LogP contribution in [0.5, 0.6) is 0 Å². The van der Waals surface area contributed by atoms with Crippen molar-refractivity contribution in [3.63, 3.8) is 0 Å². The molecule has 1 aromatic rings. The molecule has 0 spiro atoms. The Morgan fingerprint density at radius 2 is 1.81 bits per heavy atom. The van der Waals surface area contributed by atoms with Gasteiger partial charge in [-0.2, -0.15) is 4.31 Å². The minimum absolute atomic E-state index is 0.195. The van der Waals surface area contributed by atoms with Gasteiger partial charge in [0.05, 0.1) is 29.5 Å². The first-order chi connectivity index (χ1) is 12.9. The fourth-order valence-corrected chi connectivity index (χ4v) is 5.15. The highest BCUT2D eigenvalue weighted by atomic mass is 32.2. The average Bonchev–Trinajstić information content (AvgIpc) is 3.16. The Bertz CT molecular complexity index is 771. The van der Waals surface area contributed by atoms with Crippen LogP contribution in [0, 0.1) is 0 Å². The molecular formula is C18H28N4O3S2. The van der Waals surface area contributed by atoms with Crippen LogP contribution in [0.4, 0.5) is 11.4 Å². The van der Waals surface area contributed by atoms with Crippen LogP contribution in [0.3, 0.4) is 0 Å². The van der Waals surface area contributed by atoms with E-state index in [0.717, 1.165) is 37.3 Å². The molecule has 0 unspecified atom stereocenters. The molecule has 0 saturated carbocycles. The molecule has 27 heavy (non-hydrogen) atoms. The van der Waals surface area contributed by atoms with E-state index in [4.69, 9.17) is 17.0 Å². The number of benzene rings is 1. The van der Waals surface area contributed by atoms with Crippen LogP contribution in [-0.2, 0) is 14.8 Å². The number of nitrogens with one attached hydrogen (secondary N) is 2. The van der Waals surface area contributed by atoms with Crippen LogP contribution in [0.15, 0.2) is 23.1 Å². The summed E-state index contributed by atoms with van der Waals surface area (Å²) in [7, 11) is -3.55. The van der Waals surface area contributed by atoms with Gasteiger partial charge >= 0.3 is 0 Å². The van der Waals surface area contributed by atoms with Gasteiger partial charge in [-0.05, 0) is 57.1 Å². The van der Waals surface area contributed by atoms with Gasteiger partial charge in [-0.15, -0.1) is 0 Å². The van der Waals surface area contributed by atoms with Crippen LogP contribution < -0.4 is 15.5 Å². The summed E-state index contributed by atoms with van der Waals surface area (Å²) >= 11 is 5.39. The van der Waals surface area contributed by atoms with Crippen LogP contribution in [0.2, 0.25) is 0 Å². The van der Waals surface area contributed by atoms with Crippen LogP contribution >= 0.6 is 12.2 Å². The van der Waals surface area contributed by atoms with E-state index in [-0.39, 0.29) is 10.9 Å². The number of ether oxygens (including phenoxy) is 1. The summed E-state index contributed by atoms with van der Waals surface area (Å²) in [4.78, 5) is 2.55. The van der Waals surface area contributed by atoms with Crippen molar-refractivity contribution in [2.75, 3.05) is 49.6 Å². The minimum Gasteiger partial charge on any atom is -0.379 e. The molecule has 0 bridgehead atoms. The van der Waals surface area contributed by atoms with E-state index in [2.05, 4.69) is 15.5 Å². The molecule has 9 heteroatoms. The molecule has 1 aromatic carbocycles. The summed E-state index contributed by atoms with van der Waals surface area (Å²) in [6.45, 7) is 7.57. The molecule has 0 radical (unpaired) electrons. The Kier molecular flexibility index (Phi) is 6.56. The van der Waals surface area contributed by atoms with Crippen LogP contribution in [0.1, 0.15) is 26.7 Å². The first-order valence-electron chi connectivity index (χ1n) is 9.42. The summed E-state index contributed by atoms with van der Waals surface area (Å²) in [5, 5.41) is 6.85. The smallest absolute Gasteiger partial charge is 0.243 e. The topological polar surface area (TPSA) is 73.9 Å². The predicted octanol–water partition coefficient (Wildman–Crippen LogP) is 2.00.